The van der Waals surface area contributed by atoms with Gasteiger partial charge in [0.15, 0.2) is 0 Å². The van der Waals surface area contributed by atoms with Crippen molar-refractivity contribution in [3.63, 3.8) is 0 Å². The van der Waals surface area contributed by atoms with Crippen molar-refractivity contribution in [1.29, 1.82) is 5.53 Å². The van der Waals surface area contributed by atoms with E-state index in [1.54, 1.807) is 0 Å². The van der Waals surface area contributed by atoms with E-state index in [2.05, 4.69) is 17.7 Å². The van der Waals surface area contributed by atoms with E-state index >= 15 is 0 Å². The number of nitrogens with one attached hydrogen (secondary N) is 1. The van der Waals surface area contributed by atoms with Gasteiger partial charge in [-0.05, 0) is 5.25 Å². The molecule has 72 valence electrons. The van der Waals surface area contributed by atoms with Crippen LogP contribution in [0.15, 0.2) is 5.11 Å². The lowest BCUT2D eigenvalue weighted by atomic mass is 10.6. The third-order valence-corrected chi connectivity index (χ3v) is 0. The lowest BCUT2D eigenvalue weighted by molar-refractivity contribution is 1.09. The zero-order valence-electron chi connectivity index (χ0n) is 8.97. The topological polar surface area (TPSA) is 36.2 Å². The van der Waals surface area contributed by atoms with Crippen LogP contribution in [0.25, 0.3) is 0 Å². The lowest BCUT2D eigenvalue weighted by Crippen LogP contribution is -1.71. The largest absolute Gasteiger partial charge is 0.210 e. The molecule has 0 amide bonds. The predicted octanol–water partition coefficient (Wildman–Crippen LogP) is 4.02. The molecular weight excluding hydrogens is 156 g/mol. The monoisotopic (exact) mass is 180 g/mol. The van der Waals surface area contributed by atoms with Crippen LogP contribution in [0.2, 0.25) is 0 Å². The molecule has 0 fully saturated rings. The summed E-state index contributed by atoms with van der Waals surface area (Å²) < 4.78 is 0. The zero-order valence-corrected chi connectivity index (χ0v) is 9.87. The molecule has 11 heavy (non-hydrogen) atoms. The van der Waals surface area contributed by atoms with Crippen molar-refractivity contribution in [1.82, 2.24) is 0 Å². The highest BCUT2D eigenvalue weighted by atomic mass is 32.1. The molecule has 0 atom stereocenters. The molecule has 0 aromatic heterocycles. The molecule has 0 unspecified atom stereocenters. The normalized spacial score (nSPS) is 5.55. The summed E-state index contributed by atoms with van der Waals surface area (Å²) in [4.78, 5) is 0. The Morgan fingerprint density at radius 2 is 1.09 bits per heavy atom. The molecule has 0 bridgehead atoms. The predicted molar refractivity (Wildman–Crippen MR) is 57.9 cm³/mol. The van der Waals surface area contributed by atoms with Gasteiger partial charge in [-0.15, -0.1) is 0 Å². The van der Waals surface area contributed by atoms with Crippen molar-refractivity contribution in [3.05, 3.63) is 0 Å². The molecule has 1 N–H and O–H groups in total. The third kappa shape index (κ3) is 252000. The van der Waals surface area contributed by atoms with Crippen molar-refractivity contribution >= 4 is 12.6 Å². The minimum atomic E-state index is 0.528. The minimum absolute atomic E-state index is 0.528. The van der Waals surface area contributed by atoms with Crippen molar-refractivity contribution in [2.75, 3.05) is 7.05 Å². The van der Waals surface area contributed by atoms with Gasteiger partial charge in [0, 0.05) is 7.05 Å². The van der Waals surface area contributed by atoms with Gasteiger partial charge in [0.05, 0.1) is 0 Å². The molecule has 0 aromatic carbocycles. The SMILES string of the molecule is CC.CC.CC(C)S.CN=N. The molecule has 0 spiro atoms. The summed E-state index contributed by atoms with van der Waals surface area (Å²) in [6, 6.07) is 0. The first-order valence-electron chi connectivity index (χ1n) is 4.08. The summed E-state index contributed by atoms with van der Waals surface area (Å²) in [5.74, 6) is 0. The Labute approximate surface area is 77.7 Å². The van der Waals surface area contributed by atoms with Gasteiger partial charge in [-0.1, -0.05) is 41.5 Å². The lowest BCUT2D eigenvalue weighted by Gasteiger charge is -1.78. The second kappa shape index (κ2) is 51.1. The molecule has 0 radical (unpaired) electrons. The van der Waals surface area contributed by atoms with Crippen molar-refractivity contribution in [3.8, 4) is 0 Å². The highest BCUT2D eigenvalue weighted by molar-refractivity contribution is 7.80. The van der Waals surface area contributed by atoms with Gasteiger partial charge in [-0.3, -0.25) is 0 Å². The van der Waals surface area contributed by atoms with Crippen LogP contribution < -0.4 is 0 Å². The molecule has 0 aromatic rings. The Bertz CT molecular complexity index is 36.3. The molecule has 0 aliphatic rings. The standard InChI is InChI=1S/C3H8S.2C2H6.CH4N2/c1-3(2)4;2*1-2;1-3-2/h3-4H,1-2H3;2*1-2H3;2H,1H3. The van der Waals surface area contributed by atoms with Gasteiger partial charge >= 0.3 is 0 Å². The van der Waals surface area contributed by atoms with E-state index in [0.29, 0.717) is 5.25 Å². The summed E-state index contributed by atoms with van der Waals surface area (Å²) in [5, 5.41) is 3.28. The van der Waals surface area contributed by atoms with E-state index in [1.165, 1.54) is 7.05 Å². The maximum absolute atomic E-state index is 5.83. The molecular formula is C8H24N2S. The molecule has 2 nitrogen and oxygen atoms in total. The zero-order chi connectivity index (χ0) is 10.3. The van der Waals surface area contributed by atoms with Crippen LogP contribution >= 0.6 is 12.6 Å². The Morgan fingerprint density at radius 1 is 1.09 bits per heavy atom. The number of rotatable bonds is 0. The fourth-order valence-electron chi connectivity index (χ4n) is 0. The fourth-order valence-corrected chi connectivity index (χ4v) is 0. The first kappa shape index (κ1) is 22.4. The van der Waals surface area contributed by atoms with Crippen LogP contribution in [-0.2, 0) is 0 Å². The highest BCUT2D eigenvalue weighted by Crippen LogP contribution is 1.83. The summed E-state index contributed by atoms with van der Waals surface area (Å²) >= 11 is 3.97. The van der Waals surface area contributed by atoms with E-state index in [9.17, 15) is 0 Å². The van der Waals surface area contributed by atoms with E-state index in [1.807, 2.05) is 41.5 Å². The van der Waals surface area contributed by atoms with E-state index in [4.69, 9.17) is 5.53 Å². The Morgan fingerprint density at radius 3 is 1.09 bits per heavy atom. The Balaban J connectivity index is -0.0000000315. The smallest absolute Gasteiger partial charge is 0.0485 e. The number of hydrogen-bond acceptors (Lipinski definition) is 3. The van der Waals surface area contributed by atoms with Gasteiger partial charge in [0.2, 0.25) is 0 Å². The van der Waals surface area contributed by atoms with Crippen molar-refractivity contribution < 1.29 is 0 Å². The van der Waals surface area contributed by atoms with Gasteiger partial charge in [0.25, 0.3) is 0 Å². The Hall–Kier alpha value is -0.0500. The molecule has 0 saturated heterocycles. The summed E-state index contributed by atoms with van der Waals surface area (Å²) in [7, 11) is 1.42. The van der Waals surface area contributed by atoms with Crippen LogP contribution in [0.3, 0.4) is 0 Å². The maximum Gasteiger partial charge on any atom is 0.0485 e. The van der Waals surface area contributed by atoms with Crippen LogP contribution in [0.5, 0.6) is 0 Å². The van der Waals surface area contributed by atoms with Crippen LogP contribution in [0.4, 0.5) is 0 Å². The van der Waals surface area contributed by atoms with Gasteiger partial charge in [0.1, 0.15) is 0 Å². The van der Waals surface area contributed by atoms with Crippen LogP contribution in [0, 0.1) is 5.53 Å². The summed E-state index contributed by atoms with van der Waals surface area (Å²) in [5.41, 5.74) is 5.83. The van der Waals surface area contributed by atoms with E-state index in [-0.39, 0.29) is 0 Å². The van der Waals surface area contributed by atoms with Crippen LogP contribution in [0.1, 0.15) is 41.5 Å². The molecule has 0 aliphatic heterocycles. The third-order valence-electron chi connectivity index (χ3n) is 0. The highest BCUT2D eigenvalue weighted by Gasteiger charge is 1.69. The average molecular weight is 180 g/mol. The van der Waals surface area contributed by atoms with Crippen LogP contribution in [-0.4, -0.2) is 12.3 Å². The molecule has 0 heterocycles. The first-order valence-corrected chi connectivity index (χ1v) is 4.60. The quantitative estimate of drug-likeness (QED) is 0.417. The molecule has 0 aliphatic carbocycles. The second-order valence-corrected chi connectivity index (χ2v) is 2.35. The molecule has 3 heteroatoms. The second-order valence-electron chi connectivity index (χ2n) is 1.32. The van der Waals surface area contributed by atoms with Gasteiger partial charge in [-0.2, -0.15) is 12.6 Å². The van der Waals surface area contributed by atoms with Crippen molar-refractivity contribution in [2.45, 2.75) is 46.8 Å². The number of thiol groups is 1. The van der Waals surface area contributed by atoms with E-state index < -0.39 is 0 Å². The van der Waals surface area contributed by atoms with E-state index in [0.717, 1.165) is 0 Å². The fraction of sp³-hybridized carbons (Fsp3) is 1.00. The minimum Gasteiger partial charge on any atom is -0.210 e. The number of hydrogen-bond donors (Lipinski definition) is 2. The average Bonchev–Trinajstić information content (AvgIpc) is 1.96. The first-order chi connectivity index (χ1) is 5.15. The van der Waals surface area contributed by atoms with Crippen molar-refractivity contribution in [2.24, 2.45) is 5.11 Å². The molecule has 0 rings (SSSR count). The Kier molecular flexibility index (Phi) is 104. The van der Waals surface area contributed by atoms with Gasteiger partial charge in [-0.25, -0.2) is 10.6 Å². The number of nitrogens with zero attached hydrogens (tertiary/aromatic N) is 1. The van der Waals surface area contributed by atoms with Gasteiger partial charge < -0.3 is 0 Å². The summed E-state index contributed by atoms with van der Waals surface area (Å²) in [6.07, 6.45) is 0. The summed E-state index contributed by atoms with van der Waals surface area (Å²) in [6.45, 7) is 12.1. The maximum atomic E-state index is 5.83. The molecule has 0 saturated carbocycles.